The normalized spacial score (nSPS) is 10.2. The summed E-state index contributed by atoms with van der Waals surface area (Å²) < 4.78 is 0. The Hall–Kier alpha value is -0.800. The highest BCUT2D eigenvalue weighted by Gasteiger charge is 1.98. The van der Waals surface area contributed by atoms with E-state index in [0.717, 1.165) is 17.8 Å². The van der Waals surface area contributed by atoms with Crippen LogP contribution in [0.15, 0.2) is 17.8 Å². The van der Waals surface area contributed by atoms with Crippen LogP contribution in [0.3, 0.4) is 0 Å². The SMILES string of the molecule is C=C(Cl)CNCc1cn[nH]c1C. The molecule has 4 heteroatoms. The summed E-state index contributed by atoms with van der Waals surface area (Å²) in [4.78, 5) is 0. The Labute approximate surface area is 76.8 Å². The Morgan fingerprint density at radius 1 is 1.83 bits per heavy atom. The molecule has 0 unspecified atom stereocenters. The second kappa shape index (κ2) is 4.28. The standard InChI is InChI=1S/C8H12ClN3/c1-6(9)3-10-4-8-5-11-12-7(8)2/h5,10H,1,3-4H2,2H3,(H,11,12). The van der Waals surface area contributed by atoms with Crippen molar-refractivity contribution in [3.05, 3.63) is 29.1 Å². The summed E-state index contributed by atoms with van der Waals surface area (Å²) in [6.45, 7) is 6.96. The number of H-pyrrole nitrogens is 1. The van der Waals surface area contributed by atoms with Crippen molar-refractivity contribution in [1.82, 2.24) is 15.5 Å². The number of nitrogens with one attached hydrogen (secondary N) is 2. The lowest BCUT2D eigenvalue weighted by molar-refractivity contribution is 0.751. The molecule has 0 radical (unpaired) electrons. The predicted octanol–water partition coefficient (Wildman–Crippen LogP) is 1.56. The van der Waals surface area contributed by atoms with Gasteiger partial charge in [0.05, 0.1) is 6.20 Å². The van der Waals surface area contributed by atoms with Gasteiger partial charge < -0.3 is 5.32 Å². The van der Waals surface area contributed by atoms with Gasteiger partial charge in [-0.05, 0) is 6.92 Å². The number of nitrogens with zero attached hydrogens (tertiary/aromatic N) is 1. The van der Waals surface area contributed by atoms with Crippen LogP contribution in [0.5, 0.6) is 0 Å². The van der Waals surface area contributed by atoms with Gasteiger partial charge in [0.25, 0.3) is 0 Å². The van der Waals surface area contributed by atoms with Crippen LogP contribution in [0.1, 0.15) is 11.3 Å². The number of aryl methyl sites for hydroxylation is 1. The highest BCUT2D eigenvalue weighted by atomic mass is 35.5. The molecule has 66 valence electrons. The minimum atomic E-state index is 0.621. The largest absolute Gasteiger partial charge is 0.308 e. The highest BCUT2D eigenvalue weighted by molar-refractivity contribution is 6.29. The molecule has 2 N–H and O–H groups in total. The minimum Gasteiger partial charge on any atom is -0.308 e. The molecule has 1 aromatic rings. The van der Waals surface area contributed by atoms with Crippen LogP contribution in [0, 0.1) is 6.92 Å². The fourth-order valence-corrected chi connectivity index (χ4v) is 0.981. The number of hydrogen-bond acceptors (Lipinski definition) is 2. The number of aromatic nitrogens is 2. The molecule has 0 spiro atoms. The van der Waals surface area contributed by atoms with Crippen molar-refractivity contribution in [3.8, 4) is 0 Å². The Balaban J connectivity index is 2.33. The van der Waals surface area contributed by atoms with Crippen molar-refractivity contribution in [2.75, 3.05) is 6.54 Å². The summed E-state index contributed by atoms with van der Waals surface area (Å²) in [6, 6.07) is 0. The van der Waals surface area contributed by atoms with Crippen LogP contribution in [0.2, 0.25) is 0 Å². The summed E-state index contributed by atoms with van der Waals surface area (Å²) >= 11 is 5.58. The lowest BCUT2D eigenvalue weighted by Crippen LogP contribution is -2.14. The Morgan fingerprint density at radius 2 is 2.58 bits per heavy atom. The van der Waals surface area contributed by atoms with E-state index >= 15 is 0 Å². The molecule has 1 aromatic heterocycles. The smallest absolute Gasteiger partial charge is 0.0535 e. The van der Waals surface area contributed by atoms with E-state index in [1.807, 2.05) is 6.92 Å². The third-order valence-corrected chi connectivity index (χ3v) is 1.70. The number of aromatic amines is 1. The maximum absolute atomic E-state index is 5.58. The fraction of sp³-hybridized carbons (Fsp3) is 0.375. The average Bonchev–Trinajstić information content (AvgIpc) is 2.36. The Kier molecular flexibility index (Phi) is 3.31. The van der Waals surface area contributed by atoms with Gasteiger partial charge >= 0.3 is 0 Å². The van der Waals surface area contributed by atoms with E-state index in [4.69, 9.17) is 11.6 Å². The number of rotatable bonds is 4. The summed E-state index contributed by atoms with van der Waals surface area (Å²) in [7, 11) is 0. The third kappa shape index (κ3) is 2.68. The molecule has 12 heavy (non-hydrogen) atoms. The lowest BCUT2D eigenvalue weighted by atomic mass is 10.3. The summed E-state index contributed by atoms with van der Waals surface area (Å²) in [6.07, 6.45) is 1.80. The molecule has 0 fully saturated rings. The number of halogens is 1. The van der Waals surface area contributed by atoms with Crippen LogP contribution < -0.4 is 5.32 Å². The van der Waals surface area contributed by atoms with Crippen LogP contribution >= 0.6 is 11.6 Å². The Morgan fingerprint density at radius 3 is 3.08 bits per heavy atom. The quantitative estimate of drug-likeness (QED) is 0.748. The van der Waals surface area contributed by atoms with E-state index in [1.54, 1.807) is 6.20 Å². The van der Waals surface area contributed by atoms with E-state index in [0.29, 0.717) is 11.6 Å². The first-order chi connectivity index (χ1) is 5.70. The molecule has 0 aliphatic carbocycles. The van der Waals surface area contributed by atoms with Crippen LogP contribution in [0.4, 0.5) is 0 Å². The molecule has 1 rings (SSSR count). The van der Waals surface area contributed by atoms with Gasteiger partial charge in [0.1, 0.15) is 0 Å². The first kappa shape index (κ1) is 9.29. The van der Waals surface area contributed by atoms with Gasteiger partial charge in [0, 0.05) is 29.4 Å². The topological polar surface area (TPSA) is 40.7 Å². The zero-order valence-corrected chi connectivity index (χ0v) is 7.78. The van der Waals surface area contributed by atoms with Crippen molar-refractivity contribution in [2.45, 2.75) is 13.5 Å². The Bertz CT molecular complexity index is 267. The highest BCUT2D eigenvalue weighted by Crippen LogP contribution is 2.01. The van der Waals surface area contributed by atoms with Crippen LogP contribution in [-0.4, -0.2) is 16.7 Å². The molecule has 0 aliphatic heterocycles. The van der Waals surface area contributed by atoms with E-state index in [9.17, 15) is 0 Å². The van der Waals surface area contributed by atoms with Gasteiger partial charge in [0.15, 0.2) is 0 Å². The summed E-state index contributed by atoms with van der Waals surface area (Å²) in [5.74, 6) is 0. The van der Waals surface area contributed by atoms with Gasteiger partial charge in [-0.1, -0.05) is 18.2 Å². The molecule has 0 aromatic carbocycles. The predicted molar refractivity (Wildman–Crippen MR) is 50.0 cm³/mol. The zero-order chi connectivity index (χ0) is 8.97. The van der Waals surface area contributed by atoms with Crippen molar-refractivity contribution in [1.29, 1.82) is 0 Å². The zero-order valence-electron chi connectivity index (χ0n) is 7.02. The van der Waals surface area contributed by atoms with E-state index < -0.39 is 0 Å². The molecule has 1 heterocycles. The molecule has 3 nitrogen and oxygen atoms in total. The molecular weight excluding hydrogens is 174 g/mol. The van der Waals surface area contributed by atoms with Gasteiger partial charge in [-0.25, -0.2) is 0 Å². The molecule has 0 saturated heterocycles. The van der Waals surface area contributed by atoms with Crippen molar-refractivity contribution in [3.63, 3.8) is 0 Å². The fourth-order valence-electron chi connectivity index (χ4n) is 0.887. The average molecular weight is 186 g/mol. The van der Waals surface area contributed by atoms with Crippen molar-refractivity contribution >= 4 is 11.6 Å². The van der Waals surface area contributed by atoms with Gasteiger partial charge in [-0.15, -0.1) is 0 Å². The van der Waals surface area contributed by atoms with E-state index in [-0.39, 0.29) is 0 Å². The second-order valence-corrected chi connectivity index (χ2v) is 3.18. The maximum Gasteiger partial charge on any atom is 0.0535 e. The van der Waals surface area contributed by atoms with Crippen molar-refractivity contribution in [2.24, 2.45) is 0 Å². The number of hydrogen-bond donors (Lipinski definition) is 2. The monoisotopic (exact) mass is 185 g/mol. The molecule has 0 atom stereocenters. The third-order valence-electron chi connectivity index (χ3n) is 1.57. The summed E-state index contributed by atoms with van der Waals surface area (Å²) in [5.41, 5.74) is 2.25. The van der Waals surface area contributed by atoms with Gasteiger partial charge in [-0.3, -0.25) is 5.10 Å². The van der Waals surface area contributed by atoms with Crippen LogP contribution in [0.25, 0.3) is 0 Å². The van der Waals surface area contributed by atoms with Crippen molar-refractivity contribution < 1.29 is 0 Å². The lowest BCUT2D eigenvalue weighted by Gasteiger charge is -2.00. The molecule has 0 amide bonds. The first-order valence-electron chi connectivity index (χ1n) is 3.73. The second-order valence-electron chi connectivity index (χ2n) is 2.64. The maximum atomic E-state index is 5.58. The van der Waals surface area contributed by atoms with E-state index in [1.165, 1.54) is 0 Å². The molecule has 0 bridgehead atoms. The summed E-state index contributed by atoms with van der Waals surface area (Å²) in [5, 5.41) is 10.5. The van der Waals surface area contributed by atoms with Gasteiger partial charge in [0.2, 0.25) is 0 Å². The van der Waals surface area contributed by atoms with Crippen LogP contribution in [-0.2, 0) is 6.54 Å². The minimum absolute atomic E-state index is 0.621. The van der Waals surface area contributed by atoms with Gasteiger partial charge in [-0.2, -0.15) is 5.10 Å². The molecular formula is C8H12ClN3. The van der Waals surface area contributed by atoms with E-state index in [2.05, 4.69) is 22.1 Å². The molecule has 0 saturated carbocycles. The molecule has 0 aliphatic rings. The first-order valence-corrected chi connectivity index (χ1v) is 4.11.